The van der Waals surface area contributed by atoms with Crippen molar-refractivity contribution >= 4 is 5.69 Å². The van der Waals surface area contributed by atoms with Gasteiger partial charge in [-0.2, -0.15) is 5.10 Å². The van der Waals surface area contributed by atoms with Crippen molar-refractivity contribution in [1.29, 1.82) is 0 Å². The van der Waals surface area contributed by atoms with Crippen molar-refractivity contribution in [3.05, 3.63) is 78.4 Å². The molecule has 2 atom stereocenters. The van der Waals surface area contributed by atoms with Gasteiger partial charge >= 0.3 is 0 Å². The summed E-state index contributed by atoms with van der Waals surface area (Å²) in [6.07, 6.45) is 4.35. The van der Waals surface area contributed by atoms with Crippen molar-refractivity contribution in [1.82, 2.24) is 14.8 Å². The van der Waals surface area contributed by atoms with E-state index in [4.69, 9.17) is 0 Å². The Morgan fingerprint density at radius 2 is 1.91 bits per heavy atom. The van der Waals surface area contributed by atoms with E-state index in [2.05, 4.69) is 77.8 Å². The summed E-state index contributed by atoms with van der Waals surface area (Å²) in [7, 11) is 0. The summed E-state index contributed by atoms with van der Waals surface area (Å²) in [6, 6.07) is 19.3. The molecule has 4 nitrogen and oxygen atoms in total. The number of hydrogen-bond acceptors (Lipinski definition) is 3. The third kappa shape index (κ3) is 3.59. The van der Waals surface area contributed by atoms with Gasteiger partial charge in [-0.05, 0) is 36.6 Å². The Balaban J connectivity index is 1.96. The topological polar surface area (TPSA) is 42.7 Å². The number of anilines is 1. The highest BCUT2D eigenvalue weighted by Gasteiger charge is 2.24. The molecule has 0 aliphatic rings. The molecule has 0 aliphatic carbocycles. The molecule has 0 radical (unpaired) electrons. The first-order chi connectivity index (χ1) is 11.3. The number of nitrogens with zero attached hydrogens (tertiary/aromatic N) is 3. The van der Waals surface area contributed by atoms with E-state index in [9.17, 15) is 0 Å². The van der Waals surface area contributed by atoms with E-state index >= 15 is 0 Å². The predicted molar refractivity (Wildman–Crippen MR) is 93.3 cm³/mol. The molecule has 3 rings (SSSR count). The van der Waals surface area contributed by atoms with Gasteiger partial charge in [0.05, 0.1) is 12.1 Å². The van der Waals surface area contributed by atoms with Crippen molar-refractivity contribution < 1.29 is 0 Å². The Kier molecular flexibility index (Phi) is 4.71. The molecule has 0 spiro atoms. The van der Waals surface area contributed by atoms with Crippen LogP contribution in [0.15, 0.2) is 67.3 Å². The molecule has 0 amide bonds. The Hall–Kier alpha value is -2.62. The predicted octanol–water partition coefficient (Wildman–Crippen LogP) is 4.39. The molecule has 1 aromatic heterocycles. The Labute approximate surface area is 137 Å². The van der Waals surface area contributed by atoms with E-state index in [0.717, 1.165) is 12.1 Å². The quantitative estimate of drug-likeness (QED) is 0.734. The van der Waals surface area contributed by atoms with Crippen LogP contribution in [0.1, 0.15) is 36.6 Å². The second-order valence-corrected chi connectivity index (χ2v) is 5.75. The largest absolute Gasteiger partial charge is 0.376 e. The molecule has 0 bridgehead atoms. The first kappa shape index (κ1) is 15.3. The van der Waals surface area contributed by atoms with Crippen LogP contribution in [0.5, 0.6) is 0 Å². The maximum Gasteiger partial charge on any atom is 0.137 e. The van der Waals surface area contributed by atoms with Gasteiger partial charge in [-0.1, -0.05) is 49.4 Å². The zero-order valence-electron chi connectivity index (χ0n) is 13.6. The summed E-state index contributed by atoms with van der Waals surface area (Å²) in [6.45, 7) is 4.29. The van der Waals surface area contributed by atoms with Crippen LogP contribution >= 0.6 is 0 Å². The molecule has 1 N–H and O–H groups in total. The van der Waals surface area contributed by atoms with Gasteiger partial charge in [0.15, 0.2) is 0 Å². The molecule has 0 saturated carbocycles. The summed E-state index contributed by atoms with van der Waals surface area (Å²) in [5.74, 6) is 0. The number of hydrogen-bond donors (Lipinski definition) is 1. The first-order valence-electron chi connectivity index (χ1n) is 8.00. The standard InChI is InChI=1S/C19H22N4/c1-3-18(23-14-20-13-21-23)19(16-9-5-4-6-10-16)22-17-11-7-8-15(2)12-17/h4-14,18-19,22H,3H2,1-2H3. The Morgan fingerprint density at radius 3 is 2.57 bits per heavy atom. The van der Waals surface area contributed by atoms with Gasteiger partial charge in [0.1, 0.15) is 12.7 Å². The molecular weight excluding hydrogens is 284 g/mol. The minimum absolute atomic E-state index is 0.129. The Morgan fingerprint density at radius 1 is 1.09 bits per heavy atom. The van der Waals surface area contributed by atoms with E-state index in [0.29, 0.717) is 0 Å². The highest BCUT2D eigenvalue weighted by Crippen LogP contribution is 2.32. The van der Waals surface area contributed by atoms with Crippen molar-refractivity contribution in [3.63, 3.8) is 0 Å². The fourth-order valence-electron chi connectivity index (χ4n) is 2.94. The lowest BCUT2D eigenvalue weighted by Crippen LogP contribution is -2.24. The summed E-state index contributed by atoms with van der Waals surface area (Å²) in [5.41, 5.74) is 3.62. The van der Waals surface area contributed by atoms with E-state index < -0.39 is 0 Å². The van der Waals surface area contributed by atoms with Crippen LogP contribution in [0, 0.1) is 6.92 Å². The van der Waals surface area contributed by atoms with Gasteiger partial charge < -0.3 is 5.32 Å². The summed E-state index contributed by atoms with van der Waals surface area (Å²) >= 11 is 0. The second-order valence-electron chi connectivity index (χ2n) is 5.75. The Bertz CT molecular complexity index is 722. The molecule has 118 valence electrons. The lowest BCUT2D eigenvalue weighted by Gasteiger charge is -2.28. The first-order valence-corrected chi connectivity index (χ1v) is 8.00. The second kappa shape index (κ2) is 7.09. The van der Waals surface area contributed by atoms with Crippen molar-refractivity contribution in [3.8, 4) is 0 Å². The molecule has 0 saturated heterocycles. The maximum atomic E-state index is 4.36. The summed E-state index contributed by atoms with van der Waals surface area (Å²) in [4.78, 5) is 4.11. The fourth-order valence-corrected chi connectivity index (χ4v) is 2.94. The number of aryl methyl sites for hydroxylation is 1. The lowest BCUT2D eigenvalue weighted by atomic mass is 9.97. The normalized spacial score (nSPS) is 13.5. The van der Waals surface area contributed by atoms with Crippen molar-refractivity contribution in [2.75, 3.05) is 5.32 Å². The van der Waals surface area contributed by atoms with Crippen molar-refractivity contribution in [2.24, 2.45) is 0 Å². The highest BCUT2D eigenvalue weighted by molar-refractivity contribution is 5.48. The van der Waals surface area contributed by atoms with Crippen molar-refractivity contribution in [2.45, 2.75) is 32.4 Å². The molecule has 0 aliphatic heterocycles. The van der Waals surface area contributed by atoms with E-state index in [1.165, 1.54) is 11.1 Å². The van der Waals surface area contributed by atoms with Gasteiger partial charge in [0.2, 0.25) is 0 Å². The minimum Gasteiger partial charge on any atom is -0.376 e. The van der Waals surface area contributed by atoms with E-state index in [-0.39, 0.29) is 12.1 Å². The maximum absolute atomic E-state index is 4.36. The van der Waals surface area contributed by atoms with Gasteiger partial charge in [0.25, 0.3) is 0 Å². The molecule has 2 aromatic carbocycles. The van der Waals surface area contributed by atoms with E-state index in [1.807, 2.05) is 10.7 Å². The summed E-state index contributed by atoms with van der Waals surface area (Å²) in [5, 5.41) is 8.05. The zero-order chi connectivity index (χ0) is 16.1. The molecule has 4 heteroatoms. The SMILES string of the molecule is CCC(C(Nc1cccc(C)c1)c1ccccc1)n1cncn1. The van der Waals surface area contributed by atoms with E-state index in [1.54, 1.807) is 12.7 Å². The number of aromatic nitrogens is 3. The monoisotopic (exact) mass is 306 g/mol. The molecule has 1 heterocycles. The van der Waals surface area contributed by atoms with Crippen LogP contribution in [0.4, 0.5) is 5.69 Å². The van der Waals surface area contributed by atoms with Crippen LogP contribution in [0.3, 0.4) is 0 Å². The minimum atomic E-state index is 0.129. The number of benzene rings is 2. The van der Waals surface area contributed by atoms with Gasteiger partial charge in [0, 0.05) is 5.69 Å². The molecule has 23 heavy (non-hydrogen) atoms. The smallest absolute Gasteiger partial charge is 0.137 e. The molecule has 3 aromatic rings. The van der Waals surface area contributed by atoms with Crippen LogP contribution in [0.2, 0.25) is 0 Å². The number of nitrogens with one attached hydrogen (secondary N) is 1. The van der Waals surface area contributed by atoms with Crippen LogP contribution in [0.25, 0.3) is 0 Å². The lowest BCUT2D eigenvalue weighted by molar-refractivity contribution is 0.388. The highest BCUT2D eigenvalue weighted by atomic mass is 15.3. The number of rotatable bonds is 6. The average molecular weight is 306 g/mol. The van der Waals surface area contributed by atoms with Gasteiger partial charge in [-0.15, -0.1) is 0 Å². The van der Waals surface area contributed by atoms with Crippen LogP contribution in [-0.4, -0.2) is 14.8 Å². The third-order valence-electron chi connectivity index (χ3n) is 4.08. The molecular formula is C19H22N4. The molecule has 2 unspecified atom stereocenters. The van der Waals surface area contributed by atoms with Crippen LogP contribution in [-0.2, 0) is 0 Å². The third-order valence-corrected chi connectivity index (χ3v) is 4.08. The molecule has 0 fully saturated rings. The van der Waals surface area contributed by atoms with Gasteiger partial charge in [-0.3, -0.25) is 0 Å². The summed E-state index contributed by atoms with van der Waals surface area (Å²) < 4.78 is 1.94. The zero-order valence-corrected chi connectivity index (χ0v) is 13.6. The van der Waals surface area contributed by atoms with Crippen LogP contribution < -0.4 is 5.32 Å². The average Bonchev–Trinajstić information content (AvgIpc) is 3.10. The fraction of sp³-hybridized carbons (Fsp3) is 0.263. The van der Waals surface area contributed by atoms with Gasteiger partial charge in [-0.25, -0.2) is 9.67 Å².